The molecule has 3 aromatic rings. The molecule has 0 saturated carbocycles. The van der Waals surface area contributed by atoms with Gasteiger partial charge in [0.2, 0.25) is 0 Å². The zero-order valence-electron chi connectivity index (χ0n) is 13.1. The number of aromatic amines is 1. The van der Waals surface area contributed by atoms with Gasteiger partial charge in [0.15, 0.2) is 5.76 Å². The molecule has 1 N–H and O–H groups in total. The van der Waals surface area contributed by atoms with Gasteiger partial charge in [-0.15, -0.1) is 0 Å². The molecule has 2 aromatic heterocycles. The number of nitrogens with one attached hydrogen (secondary N) is 1. The van der Waals surface area contributed by atoms with E-state index in [1.165, 1.54) is 12.1 Å². The molecule has 5 nitrogen and oxygen atoms in total. The molecule has 0 unspecified atom stereocenters. The minimum Gasteiger partial charge on any atom is -0.360 e. The first-order valence-corrected chi connectivity index (χ1v) is 7.76. The van der Waals surface area contributed by atoms with E-state index in [-0.39, 0.29) is 5.56 Å². The molecule has 0 atom stereocenters. The number of imidazole rings is 1. The molecule has 0 bridgehead atoms. The van der Waals surface area contributed by atoms with Crippen molar-refractivity contribution in [1.29, 1.82) is 0 Å². The molecule has 124 valence electrons. The second-order valence-electron chi connectivity index (χ2n) is 6.03. The zero-order chi connectivity index (χ0) is 16.7. The van der Waals surface area contributed by atoms with Gasteiger partial charge in [0.1, 0.15) is 17.5 Å². The van der Waals surface area contributed by atoms with Crippen molar-refractivity contribution in [2.45, 2.75) is 26.4 Å². The molecule has 3 heterocycles. The SMILES string of the molecule is Cc1cc(CN2CCc3nc(-c4ccc(F)cc4F)[nH]c3C2)on1. The topological polar surface area (TPSA) is 58.0 Å². The lowest BCUT2D eigenvalue weighted by molar-refractivity contribution is 0.211. The van der Waals surface area contributed by atoms with Gasteiger partial charge in [-0.2, -0.15) is 0 Å². The summed E-state index contributed by atoms with van der Waals surface area (Å²) in [5.41, 5.74) is 3.02. The van der Waals surface area contributed by atoms with E-state index in [4.69, 9.17) is 4.52 Å². The average Bonchev–Trinajstić information content (AvgIpc) is 3.13. The van der Waals surface area contributed by atoms with Crippen molar-refractivity contribution in [2.24, 2.45) is 0 Å². The normalized spacial score (nSPS) is 14.8. The third kappa shape index (κ3) is 2.82. The van der Waals surface area contributed by atoms with Crippen LogP contribution in [0.3, 0.4) is 0 Å². The first-order valence-electron chi connectivity index (χ1n) is 7.76. The van der Waals surface area contributed by atoms with Crippen molar-refractivity contribution in [3.05, 3.63) is 58.7 Å². The monoisotopic (exact) mass is 330 g/mol. The molecular formula is C17H16F2N4O. The van der Waals surface area contributed by atoms with Crippen LogP contribution in [0.5, 0.6) is 0 Å². The van der Waals surface area contributed by atoms with E-state index in [0.29, 0.717) is 18.9 Å². The van der Waals surface area contributed by atoms with Crippen LogP contribution in [-0.4, -0.2) is 26.6 Å². The van der Waals surface area contributed by atoms with E-state index in [0.717, 1.165) is 41.9 Å². The van der Waals surface area contributed by atoms with E-state index in [2.05, 4.69) is 20.0 Å². The number of benzene rings is 1. The predicted octanol–water partition coefficient (Wildman–Crippen LogP) is 3.21. The van der Waals surface area contributed by atoms with Crippen LogP contribution in [0.4, 0.5) is 8.78 Å². The van der Waals surface area contributed by atoms with E-state index in [1.54, 1.807) is 0 Å². The van der Waals surface area contributed by atoms with Gasteiger partial charge in [-0.05, 0) is 19.1 Å². The minimum absolute atomic E-state index is 0.281. The summed E-state index contributed by atoms with van der Waals surface area (Å²) in [6.45, 7) is 4.06. The van der Waals surface area contributed by atoms with E-state index in [1.807, 2.05) is 13.0 Å². The van der Waals surface area contributed by atoms with Crippen molar-refractivity contribution in [1.82, 2.24) is 20.0 Å². The van der Waals surface area contributed by atoms with E-state index < -0.39 is 11.6 Å². The Kier molecular flexibility index (Phi) is 3.65. The molecule has 0 saturated heterocycles. The molecule has 0 spiro atoms. The van der Waals surface area contributed by atoms with Crippen LogP contribution in [0.1, 0.15) is 22.8 Å². The third-order valence-corrected chi connectivity index (χ3v) is 4.15. The fourth-order valence-corrected chi connectivity index (χ4v) is 3.00. The number of hydrogen-bond acceptors (Lipinski definition) is 4. The van der Waals surface area contributed by atoms with Gasteiger partial charge < -0.3 is 9.51 Å². The Morgan fingerprint density at radius 3 is 2.92 bits per heavy atom. The van der Waals surface area contributed by atoms with Gasteiger partial charge in [-0.3, -0.25) is 4.90 Å². The van der Waals surface area contributed by atoms with Crippen molar-refractivity contribution in [3.8, 4) is 11.4 Å². The highest BCUT2D eigenvalue weighted by Gasteiger charge is 2.22. The first kappa shape index (κ1) is 15.0. The maximum absolute atomic E-state index is 13.9. The van der Waals surface area contributed by atoms with Crippen LogP contribution in [0, 0.1) is 18.6 Å². The lowest BCUT2D eigenvalue weighted by atomic mass is 10.1. The number of hydrogen-bond donors (Lipinski definition) is 1. The molecular weight excluding hydrogens is 314 g/mol. The summed E-state index contributed by atoms with van der Waals surface area (Å²) in [5.74, 6) is 0.0475. The standard InChI is InChI=1S/C17H16F2N4O/c1-10-6-12(24-22-10)8-23-5-4-15-16(9-23)21-17(20-15)13-3-2-11(18)7-14(13)19/h2-3,6-7H,4-5,8-9H2,1H3,(H,20,21). The predicted molar refractivity (Wildman–Crippen MR) is 83.0 cm³/mol. The Balaban J connectivity index is 1.55. The summed E-state index contributed by atoms with van der Waals surface area (Å²) in [6, 6.07) is 5.43. The molecule has 1 aliphatic heterocycles. The molecule has 4 rings (SSSR count). The molecule has 0 aliphatic carbocycles. The van der Waals surface area contributed by atoms with Gasteiger partial charge in [0.25, 0.3) is 0 Å². The summed E-state index contributed by atoms with van der Waals surface area (Å²) in [5, 5.41) is 3.89. The number of nitrogens with zero attached hydrogens (tertiary/aromatic N) is 3. The van der Waals surface area contributed by atoms with Crippen LogP contribution < -0.4 is 0 Å². The van der Waals surface area contributed by atoms with E-state index >= 15 is 0 Å². The Hall–Kier alpha value is -2.54. The van der Waals surface area contributed by atoms with Gasteiger partial charge in [-0.1, -0.05) is 5.16 Å². The van der Waals surface area contributed by atoms with Crippen LogP contribution >= 0.6 is 0 Å². The van der Waals surface area contributed by atoms with Gasteiger partial charge in [0.05, 0.1) is 29.2 Å². The van der Waals surface area contributed by atoms with Gasteiger partial charge in [-0.25, -0.2) is 13.8 Å². The lowest BCUT2D eigenvalue weighted by Gasteiger charge is -2.24. The molecule has 1 aromatic carbocycles. The fourth-order valence-electron chi connectivity index (χ4n) is 3.00. The number of H-pyrrole nitrogens is 1. The van der Waals surface area contributed by atoms with Crippen molar-refractivity contribution < 1.29 is 13.3 Å². The maximum atomic E-state index is 13.9. The average molecular weight is 330 g/mol. The summed E-state index contributed by atoms with van der Waals surface area (Å²) >= 11 is 0. The number of fused-ring (bicyclic) bond motifs is 1. The Labute approximate surface area is 137 Å². The van der Waals surface area contributed by atoms with Crippen LogP contribution in [0.2, 0.25) is 0 Å². The van der Waals surface area contributed by atoms with Crippen LogP contribution in [0.15, 0.2) is 28.8 Å². The summed E-state index contributed by atoms with van der Waals surface area (Å²) in [4.78, 5) is 9.86. The Bertz CT molecular complexity index is 887. The first-order chi connectivity index (χ1) is 11.6. The van der Waals surface area contributed by atoms with Crippen molar-refractivity contribution in [2.75, 3.05) is 6.54 Å². The fraction of sp³-hybridized carbons (Fsp3) is 0.294. The third-order valence-electron chi connectivity index (χ3n) is 4.15. The van der Waals surface area contributed by atoms with Crippen molar-refractivity contribution >= 4 is 0 Å². The van der Waals surface area contributed by atoms with Gasteiger partial charge in [0, 0.05) is 31.6 Å². The number of halogens is 2. The smallest absolute Gasteiger partial charge is 0.150 e. The second kappa shape index (κ2) is 5.83. The van der Waals surface area contributed by atoms with E-state index in [9.17, 15) is 8.78 Å². The largest absolute Gasteiger partial charge is 0.360 e. The number of aryl methyl sites for hydroxylation is 1. The quantitative estimate of drug-likeness (QED) is 0.801. The Morgan fingerprint density at radius 2 is 2.17 bits per heavy atom. The van der Waals surface area contributed by atoms with Crippen LogP contribution in [0.25, 0.3) is 11.4 Å². The molecule has 24 heavy (non-hydrogen) atoms. The highest BCUT2D eigenvalue weighted by atomic mass is 19.1. The van der Waals surface area contributed by atoms with Gasteiger partial charge >= 0.3 is 0 Å². The molecule has 1 aliphatic rings. The second-order valence-corrected chi connectivity index (χ2v) is 6.03. The van der Waals surface area contributed by atoms with Crippen molar-refractivity contribution in [3.63, 3.8) is 0 Å². The molecule has 0 amide bonds. The molecule has 0 radical (unpaired) electrons. The highest BCUT2D eigenvalue weighted by Crippen LogP contribution is 2.25. The summed E-state index contributed by atoms with van der Waals surface area (Å²) in [7, 11) is 0. The zero-order valence-corrected chi connectivity index (χ0v) is 13.1. The summed E-state index contributed by atoms with van der Waals surface area (Å²) < 4.78 is 32.3. The summed E-state index contributed by atoms with van der Waals surface area (Å²) in [6.07, 6.45) is 0.766. The maximum Gasteiger partial charge on any atom is 0.150 e. The minimum atomic E-state index is -0.616. The Morgan fingerprint density at radius 1 is 1.29 bits per heavy atom. The van der Waals surface area contributed by atoms with Crippen LogP contribution in [-0.2, 0) is 19.5 Å². The molecule has 7 heteroatoms. The lowest BCUT2D eigenvalue weighted by Crippen LogP contribution is -2.29. The molecule has 0 fully saturated rings. The highest BCUT2D eigenvalue weighted by molar-refractivity contribution is 5.57. The number of aromatic nitrogens is 3. The number of rotatable bonds is 3.